The fourth-order valence-electron chi connectivity index (χ4n) is 2.75. The van der Waals surface area contributed by atoms with E-state index in [1.54, 1.807) is 18.2 Å². The first-order valence-electron chi connectivity index (χ1n) is 8.76. The van der Waals surface area contributed by atoms with Gasteiger partial charge in [0.2, 0.25) is 0 Å². The maximum Gasteiger partial charge on any atom is 0.150 e. The van der Waals surface area contributed by atoms with Crippen molar-refractivity contribution in [3.63, 3.8) is 0 Å². The Hall–Kier alpha value is -2.29. The number of hydrogen-bond acceptors (Lipinski definition) is 3. The van der Waals surface area contributed by atoms with E-state index in [0.29, 0.717) is 23.5 Å². The minimum Gasteiger partial charge on any atom is -0.507 e. The number of benzene rings is 2. The zero-order valence-electron chi connectivity index (χ0n) is 14.3. The third-order valence-electron chi connectivity index (χ3n) is 4.11. The fourth-order valence-corrected chi connectivity index (χ4v) is 2.75. The molecular weight excluding hydrogens is 300 g/mol. The van der Waals surface area contributed by atoms with E-state index in [-0.39, 0.29) is 5.75 Å². The highest BCUT2D eigenvalue weighted by molar-refractivity contribution is 5.89. The van der Waals surface area contributed by atoms with E-state index >= 15 is 0 Å². The summed E-state index contributed by atoms with van der Waals surface area (Å²) in [6.07, 6.45) is 8.12. The van der Waals surface area contributed by atoms with Crippen molar-refractivity contribution < 1.29 is 14.6 Å². The Kier molecular flexibility index (Phi) is 7.34. The predicted molar refractivity (Wildman–Crippen MR) is 97.8 cm³/mol. The second-order valence-corrected chi connectivity index (χ2v) is 6.00. The van der Waals surface area contributed by atoms with Crippen LogP contribution in [-0.2, 0) is 0 Å². The average Bonchev–Trinajstić information content (AvgIpc) is 2.61. The Balaban J connectivity index is 1.91. The molecule has 2 aromatic carbocycles. The number of carbonyl (C=O) groups is 1. The van der Waals surface area contributed by atoms with Crippen molar-refractivity contribution in [2.75, 3.05) is 6.61 Å². The van der Waals surface area contributed by atoms with Crippen LogP contribution in [0.1, 0.15) is 55.8 Å². The number of unbranched alkanes of at least 4 members (excludes halogenated alkanes) is 5. The molecule has 0 bridgehead atoms. The Labute approximate surface area is 144 Å². The van der Waals surface area contributed by atoms with Gasteiger partial charge in [0, 0.05) is 17.2 Å². The van der Waals surface area contributed by atoms with Gasteiger partial charge in [-0.05, 0) is 24.1 Å². The molecule has 0 unspecified atom stereocenters. The molecule has 0 aromatic heterocycles. The fraction of sp³-hybridized carbons (Fsp3) is 0.381. The van der Waals surface area contributed by atoms with Crippen LogP contribution >= 0.6 is 0 Å². The Morgan fingerprint density at radius 2 is 1.71 bits per heavy atom. The van der Waals surface area contributed by atoms with Crippen molar-refractivity contribution >= 4 is 6.29 Å². The van der Waals surface area contributed by atoms with Crippen LogP contribution in [0.15, 0.2) is 42.5 Å². The monoisotopic (exact) mass is 326 g/mol. The number of ether oxygens (including phenoxy) is 1. The molecule has 0 saturated carbocycles. The Bertz CT molecular complexity index is 649. The van der Waals surface area contributed by atoms with Gasteiger partial charge in [0.05, 0.1) is 6.61 Å². The molecule has 2 aromatic rings. The second-order valence-electron chi connectivity index (χ2n) is 6.00. The molecule has 3 nitrogen and oxygen atoms in total. The van der Waals surface area contributed by atoms with Gasteiger partial charge in [-0.2, -0.15) is 0 Å². The number of aromatic hydroxyl groups is 1. The van der Waals surface area contributed by atoms with Crippen LogP contribution in [0.2, 0.25) is 0 Å². The molecule has 24 heavy (non-hydrogen) atoms. The molecule has 0 radical (unpaired) electrons. The number of phenols is 1. The van der Waals surface area contributed by atoms with Crippen LogP contribution in [0.25, 0.3) is 11.1 Å². The van der Waals surface area contributed by atoms with Crippen molar-refractivity contribution in [1.82, 2.24) is 0 Å². The van der Waals surface area contributed by atoms with E-state index < -0.39 is 0 Å². The minimum absolute atomic E-state index is 0.129. The number of carbonyl (C=O) groups excluding carboxylic acids is 1. The molecule has 3 heteroatoms. The van der Waals surface area contributed by atoms with Crippen LogP contribution in [0.5, 0.6) is 11.5 Å². The molecule has 0 heterocycles. The summed E-state index contributed by atoms with van der Waals surface area (Å²) in [7, 11) is 0. The highest BCUT2D eigenvalue weighted by Crippen LogP contribution is 2.34. The summed E-state index contributed by atoms with van der Waals surface area (Å²) in [6, 6.07) is 12.5. The lowest BCUT2D eigenvalue weighted by Gasteiger charge is -2.11. The lowest BCUT2D eigenvalue weighted by molar-refractivity contribution is 0.112. The molecule has 0 aliphatic rings. The Morgan fingerprint density at radius 3 is 2.46 bits per heavy atom. The molecule has 0 amide bonds. The Morgan fingerprint density at radius 1 is 0.958 bits per heavy atom. The second kappa shape index (κ2) is 9.76. The molecule has 0 saturated heterocycles. The summed E-state index contributed by atoms with van der Waals surface area (Å²) >= 11 is 0. The summed E-state index contributed by atoms with van der Waals surface area (Å²) in [5, 5.41) is 10.3. The average molecular weight is 326 g/mol. The van der Waals surface area contributed by atoms with E-state index in [4.69, 9.17) is 4.74 Å². The van der Waals surface area contributed by atoms with Gasteiger partial charge >= 0.3 is 0 Å². The largest absolute Gasteiger partial charge is 0.507 e. The lowest BCUT2D eigenvalue weighted by Crippen LogP contribution is -1.97. The maximum atomic E-state index is 11.1. The molecule has 2 rings (SSSR count). The molecular formula is C21H26O3. The maximum absolute atomic E-state index is 11.1. The first-order valence-corrected chi connectivity index (χ1v) is 8.76. The van der Waals surface area contributed by atoms with E-state index in [0.717, 1.165) is 18.3 Å². The van der Waals surface area contributed by atoms with Gasteiger partial charge in [-0.25, -0.2) is 0 Å². The van der Waals surface area contributed by atoms with Crippen molar-refractivity contribution in [3.8, 4) is 22.6 Å². The summed E-state index contributed by atoms with van der Waals surface area (Å²) in [5.41, 5.74) is 1.94. The zero-order chi connectivity index (χ0) is 17.2. The highest BCUT2D eigenvalue weighted by Gasteiger charge is 2.09. The van der Waals surface area contributed by atoms with Crippen molar-refractivity contribution in [2.24, 2.45) is 0 Å². The van der Waals surface area contributed by atoms with Crippen molar-refractivity contribution in [1.29, 1.82) is 0 Å². The van der Waals surface area contributed by atoms with E-state index in [2.05, 4.69) is 6.92 Å². The summed E-state index contributed by atoms with van der Waals surface area (Å²) in [4.78, 5) is 11.1. The van der Waals surface area contributed by atoms with Gasteiger partial charge in [-0.3, -0.25) is 4.79 Å². The van der Waals surface area contributed by atoms with Crippen LogP contribution in [0.4, 0.5) is 0 Å². The standard InChI is InChI=1S/C21H26O3/c1-2-3-4-5-6-9-14-24-18-12-13-20(21(23)15-18)19-11-8-7-10-17(19)16-22/h7-8,10-13,15-16,23H,2-6,9,14H2,1H3. The zero-order valence-corrected chi connectivity index (χ0v) is 14.3. The molecule has 128 valence electrons. The first-order chi connectivity index (χ1) is 11.8. The van der Waals surface area contributed by atoms with Gasteiger partial charge in [0.1, 0.15) is 11.5 Å². The number of phenolic OH excluding ortho intramolecular Hbond substituents is 1. The third-order valence-corrected chi connectivity index (χ3v) is 4.11. The number of hydrogen-bond donors (Lipinski definition) is 1. The van der Waals surface area contributed by atoms with Gasteiger partial charge in [-0.15, -0.1) is 0 Å². The van der Waals surface area contributed by atoms with Crippen molar-refractivity contribution in [3.05, 3.63) is 48.0 Å². The highest BCUT2D eigenvalue weighted by atomic mass is 16.5. The molecule has 0 aliphatic carbocycles. The summed E-state index contributed by atoms with van der Waals surface area (Å²) in [5.74, 6) is 0.790. The number of aldehydes is 1. The topological polar surface area (TPSA) is 46.5 Å². The molecule has 0 aliphatic heterocycles. The van der Waals surface area contributed by atoms with Crippen LogP contribution in [0, 0.1) is 0 Å². The van der Waals surface area contributed by atoms with Gasteiger partial charge in [0.15, 0.2) is 6.29 Å². The molecule has 0 atom stereocenters. The smallest absolute Gasteiger partial charge is 0.150 e. The van der Waals surface area contributed by atoms with Gasteiger partial charge < -0.3 is 9.84 Å². The SMILES string of the molecule is CCCCCCCCOc1ccc(-c2ccccc2C=O)c(O)c1. The normalized spacial score (nSPS) is 10.5. The molecule has 0 spiro atoms. The molecule has 0 fully saturated rings. The quantitative estimate of drug-likeness (QED) is 0.456. The van der Waals surface area contributed by atoms with E-state index in [9.17, 15) is 9.90 Å². The third kappa shape index (κ3) is 5.12. The first kappa shape index (κ1) is 18.1. The van der Waals surface area contributed by atoms with Gasteiger partial charge in [-0.1, -0.05) is 63.3 Å². The van der Waals surface area contributed by atoms with E-state index in [1.807, 2.05) is 24.3 Å². The molecule has 1 N–H and O–H groups in total. The van der Waals surface area contributed by atoms with Crippen LogP contribution < -0.4 is 4.74 Å². The summed E-state index contributed by atoms with van der Waals surface area (Å²) < 4.78 is 5.71. The van der Waals surface area contributed by atoms with Crippen LogP contribution in [0.3, 0.4) is 0 Å². The summed E-state index contributed by atoms with van der Waals surface area (Å²) in [6.45, 7) is 2.88. The minimum atomic E-state index is 0.129. The lowest BCUT2D eigenvalue weighted by atomic mass is 9.99. The number of rotatable bonds is 10. The van der Waals surface area contributed by atoms with Crippen molar-refractivity contribution in [2.45, 2.75) is 45.4 Å². The van der Waals surface area contributed by atoms with Crippen LogP contribution in [-0.4, -0.2) is 18.0 Å². The van der Waals surface area contributed by atoms with E-state index in [1.165, 1.54) is 32.1 Å². The predicted octanol–water partition coefficient (Wildman–Crippen LogP) is 5.61. The van der Waals surface area contributed by atoms with Gasteiger partial charge in [0.25, 0.3) is 0 Å².